The molecule has 1 saturated heterocycles. The minimum atomic E-state index is -0.267. The Morgan fingerprint density at radius 3 is 2.88 bits per heavy atom. The van der Waals surface area contributed by atoms with Gasteiger partial charge < -0.3 is 25.0 Å². The number of rotatable bonds is 4. The lowest BCUT2D eigenvalue weighted by Crippen LogP contribution is -2.33. The van der Waals surface area contributed by atoms with E-state index in [9.17, 15) is 4.79 Å². The zero-order valence-corrected chi connectivity index (χ0v) is 15.1. The molecule has 2 amide bonds. The first kappa shape index (κ1) is 16.8. The molecule has 3 heterocycles. The molecule has 2 aromatic rings. The minimum absolute atomic E-state index is 0.213. The summed E-state index contributed by atoms with van der Waals surface area (Å²) in [7, 11) is 0. The van der Waals surface area contributed by atoms with Gasteiger partial charge >= 0.3 is 6.03 Å². The molecule has 2 aliphatic rings. The van der Waals surface area contributed by atoms with E-state index in [2.05, 4.69) is 20.5 Å². The Labute approximate surface area is 156 Å². The van der Waals surface area contributed by atoms with Crippen molar-refractivity contribution in [3.8, 4) is 11.5 Å². The molecule has 0 bridgehead atoms. The maximum Gasteiger partial charge on any atom is 0.319 e. The normalized spacial score (nSPS) is 15.6. The van der Waals surface area contributed by atoms with Gasteiger partial charge in [0, 0.05) is 49.1 Å². The van der Waals surface area contributed by atoms with Crippen LogP contribution in [0.1, 0.15) is 5.56 Å². The number of fused-ring (bicyclic) bond motifs is 1. The van der Waals surface area contributed by atoms with E-state index in [1.165, 1.54) is 0 Å². The van der Waals surface area contributed by atoms with Gasteiger partial charge in [0.2, 0.25) is 6.79 Å². The average Bonchev–Trinajstić information content (AvgIpc) is 3.15. The van der Waals surface area contributed by atoms with Crippen molar-refractivity contribution in [3.63, 3.8) is 0 Å². The molecule has 0 aliphatic carbocycles. The van der Waals surface area contributed by atoms with Gasteiger partial charge in [0.05, 0.1) is 0 Å². The molecule has 136 valence electrons. The molecule has 1 aromatic carbocycles. The lowest BCUT2D eigenvalue weighted by molar-refractivity contribution is 0.174. The maximum atomic E-state index is 12.1. The Bertz CT molecular complexity index is 796. The molecule has 8 heteroatoms. The number of nitrogens with one attached hydrogen (secondary N) is 2. The molecule has 26 heavy (non-hydrogen) atoms. The van der Waals surface area contributed by atoms with Crippen molar-refractivity contribution >= 4 is 29.3 Å². The zero-order valence-electron chi connectivity index (χ0n) is 14.2. The molecule has 0 radical (unpaired) electrons. The number of thioether (sulfide) groups is 1. The van der Waals surface area contributed by atoms with E-state index in [1.54, 1.807) is 24.4 Å². The monoisotopic (exact) mass is 372 g/mol. The van der Waals surface area contributed by atoms with E-state index >= 15 is 0 Å². The fourth-order valence-electron chi connectivity index (χ4n) is 2.87. The van der Waals surface area contributed by atoms with Gasteiger partial charge in [-0.25, -0.2) is 9.78 Å². The second-order valence-corrected chi connectivity index (χ2v) is 7.22. The third kappa shape index (κ3) is 3.96. The predicted octanol–water partition coefficient (Wildman–Crippen LogP) is 2.69. The summed E-state index contributed by atoms with van der Waals surface area (Å²) in [5.41, 5.74) is 1.68. The SMILES string of the molecule is O=C(NCc1ccnc(N2CCSCC2)c1)Nc1ccc2c(c1)OCO2. The Kier molecular flexibility index (Phi) is 5.01. The van der Waals surface area contributed by atoms with E-state index in [4.69, 9.17) is 9.47 Å². The van der Waals surface area contributed by atoms with Gasteiger partial charge in [-0.15, -0.1) is 0 Å². The summed E-state index contributed by atoms with van der Waals surface area (Å²) >= 11 is 1.97. The highest BCUT2D eigenvalue weighted by Gasteiger charge is 2.15. The number of aromatic nitrogens is 1. The largest absolute Gasteiger partial charge is 0.454 e. The molecule has 2 N–H and O–H groups in total. The van der Waals surface area contributed by atoms with Gasteiger partial charge in [0.1, 0.15) is 5.82 Å². The molecule has 1 fully saturated rings. The van der Waals surface area contributed by atoms with Crippen molar-refractivity contribution in [1.29, 1.82) is 0 Å². The van der Waals surface area contributed by atoms with Crippen molar-refractivity contribution in [2.75, 3.05) is 41.6 Å². The quantitative estimate of drug-likeness (QED) is 0.859. The molecule has 7 nitrogen and oxygen atoms in total. The fourth-order valence-corrected chi connectivity index (χ4v) is 3.77. The molecule has 0 saturated carbocycles. The third-order valence-corrected chi connectivity index (χ3v) is 5.17. The van der Waals surface area contributed by atoms with Gasteiger partial charge in [0.25, 0.3) is 0 Å². The number of carbonyl (C=O) groups is 1. The van der Waals surface area contributed by atoms with E-state index in [1.807, 2.05) is 23.9 Å². The highest BCUT2D eigenvalue weighted by molar-refractivity contribution is 7.99. The van der Waals surface area contributed by atoms with E-state index in [0.29, 0.717) is 23.7 Å². The van der Waals surface area contributed by atoms with Crippen LogP contribution in [0.3, 0.4) is 0 Å². The lowest BCUT2D eigenvalue weighted by Gasteiger charge is -2.27. The van der Waals surface area contributed by atoms with Gasteiger partial charge in [-0.1, -0.05) is 0 Å². The van der Waals surface area contributed by atoms with E-state index in [0.717, 1.165) is 36.0 Å². The molecule has 0 spiro atoms. The van der Waals surface area contributed by atoms with Crippen LogP contribution in [0.15, 0.2) is 36.5 Å². The topological polar surface area (TPSA) is 75.7 Å². The Morgan fingerprint density at radius 1 is 1.15 bits per heavy atom. The summed E-state index contributed by atoms with van der Waals surface area (Å²) in [6, 6.07) is 9.01. The number of amides is 2. The summed E-state index contributed by atoms with van der Waals surface area (Å²) in [6.45, 7) is 2.68. The van der Waals surface area contributed by atoms with Gasteiger partial charge in [-0.2, -0.15) is 11.8 Å². The van der Waals surface area contributed by atoms with Crippen LogP contribution in [0, 0.1) is 0 Å². The highest BCUT2D eigenvalue weighted by Crippen LogP contribution is 2.34. The first-order valence-corrected chi connectivity index (χ1v) is 9.65. The van der Waals surface area contributed by atoms with E-state index < -0.39 is 0 Å². The molecular weight excluding hydrogens is 352 g/mol. The first-order chi connectivity index (χ1) is 12.8. The molecular formula is C18H20N4O3S. The van der Waals surface area contributed by atoms with Crippen LogP contribution >= 0.6 is 11.8 Å². The number of urea groups is 1. The standard InChI is InChI=1S/C18H20N4O3S/c23-18(21-14-1-2-15-16(10-14)25-12-24-15)20-11-13-3-4-19-17(9-13)22-5-7-26-8-6-22/h1-4,9-10H,5-8,11-12H2,(H2,20,21,23). The summed E-state index contributed by atoms with van der Waals surface area (Å²) in [5, 5.41) is 5.68. The van der Waals surface area contributed by atoms with Crippen LogP contribution in [-0.2, 0) is 6.54 Å². The Morgan fingerprint density at radius 2 is 2.00 bits per heavy atom. The average molecular weight is 372 g/mol. The number of hydrogen-bond donors (Lipinski definition) is 2. The number of nitrogens with zero attached hydrogens (tertiary/aromatic N) is 2. The Balaban J connectivity index is 1.32. The summed E-state index contributed by atoms with van der Waals surface area (Å²) in [5.74, 6) is 4.56. The van der Waals surface area contributed by atoms with Gasteiger partial charge in [0.15, 0.2) is 11.5 Å². The fraction of sp³-hybridized carbons (Fsp3) is 0.333. The summed E-state index contributed by atoms with van der Waals surface area (Å²) in [6.07, 6.45) is 1.80. The van der Waals surface area contributed by atoms with Crippen molar-refractivity contribution in [1.82, 2.24) is 10.3 Å². The molecule has 0 unspecified atom stereocenters. The summed E-state index contributed by atoms with van der Waals surface area (Å²) < 4.78 is 10.6. The molecule has 1 aromatic heterocycles. The van der Waals surface area contributed by atoms with Crippen molar-refractivity contribution in [3.05, 3.63) is 42.1 Å². The van der Waals surface area contributed by atoms with Crippen molar-refractivity contribution in [2.24, 2.45) is 0 Å². The van der Waals surface area contributed by atoms with Gasteiger partial charge in [-0.3, -0.25) is 0 Å². The van der Waals surface area contributed by atoms with Crippen LogP contribution in [0.2, 0.25) is 0 Å². The maximum absolute atomic E-state index is 12.1. The second kappa shape index (κ2) is 7.74. The molecule has 2 aliphatic heterocycles. The van der Waals surface area contributed by atoms with Crippen molar-refractivity contribution in [2.45, 2.75) is 6.54 Å². The summed E-state index contributed by atoms with van der Waals surface area (Å²) in [4.78, 5) is 18.9. The highest BCUT2D eigenvalue weighted by atomic mass is 32.2. The number of hydrogen-bond acceptors (Lipinski definition) is 6. The number of benzene rings is 1. The van der Waals surface area contributed by atoms with Crippen LogP contribution < -0.4 is 25.0 Å². The van der Waals surface area contributed by atoms with Crippen LogP contribution in [0.4, 0.5) is 16.3 Å². The zero-order chi connectivity index (χ0) is 17.8. The number of ether oxygens (including phenoxy) is 2. The van der Waals surface area contributed by atoms with Crippen molar-refractivity contribution < 1.29 is 14.3 Å². The van der Waals surface area contributed by atoms with Crippen LogP contribution in [0.25, 0.3) is 0 Å². The number of anilines is 2. The van der Waals surface area contributed by atoms with Gasteiger partial charge in [-0.05, 0) is 29.8 Å². The lowest BCUT2D eigenvalue weighted by atomic mass is 10.2. The minimum Gasteiger partial charge on any atom is -0.454 e. The predicted molar refractivity (Wildman–Crippen MR) is 102 cm³/mol. The smallest absolute Gasteiger partial charge is 0.319 e. The third-order valence-electron chi connectivity index (χ3n) is 4.23. The number of pyridine rings is 1. The Hall–Kier alpha value is -2.61. The molecule has 0 atom stereocenters. The van der Waals surface area contributed by atoms with E-state index in [-0.39, 0.29) is 12.8 Å². The van der Waals surface area contributed by atoms with Crippen LogP contribution in [-0.4, -0.2) is 42.4 Å². The van der Waals surface area contributed by atoms with Crippen LogP contribution in [0.5, 0.6) is 11.5 Å². The molecule has 4 rings (SSSR count). The number of carbonyl (C=O) groups excluding carboxylic acids is 1. The second-order valence-electron chi connectivity index (χ2n) is 6.00. The first-order valence-electron chi connectivity index (χ1n) is 8.50.